The zero-order valence-corrected chi connectivity index (χ0v) is 14.3. The second kappa shape index (κ2) is 7.66. The Labute approximate surface area is 141 Å². The zero-order chi connectivity index (χ0) is 17.7. The van der Waals surface area contributed by atoms with Crippen LogP contribution in [0.5, 0.6) is 5.75 Å². The minimum absolute atomic E-state index is 0.0849. The third kappa shape index (κ3) is 6.20. The standard InChI is InChI=1S/C18H24FNO4/c1-5-6-22-14-8-12(7-13(19)10-14)9-15(16-11-23-16)20-17(21)24-18(2,3)4/h5,7-8,10,15-16H,1,6,9,11H2,2-4H3,(H,20,21)/t15-,16?/m0/s1. The molecule has 5 nitrogen and oxygen atoms in total. The van der Waals surface area contributed by atoms with Crippen molar-refractivity contribution in [2.45, 2.75) is 44.9 Å². The number of rotatable bonds is 7. The summed E-state index contributed by atoms with van der Waals surface area (Å²) in [5, 5.41) is 2.80. The average Bonchev–Trinajstić information content (AvgIpc) is 3.26. The van der Waals surface area contributed by atoms with Crippen LogP contribution in [0.1, 0.15) is 26.3 Å². The molecule has 24 heavy (non-hydrogen) atoms. The van der Waals surface area contributed by atoms with E-state index in [9.17, 15) is 9.18 Å². The van der Waals surface area contributed by atoms with E-state index in [0.29, 0.717) is 30.9 Å². The molecule has 1 aromatic rings. The molecule has 1 N–H and O–H groups in total. The SMILES string of the molecule is C=CCOc1cc(F)cc(C[C@H](NC(=O)OC(C)(C)C)C2CO2)c1. The molecule has 0 aliphatic carbocycles. The maximum Gasteiger partial charge on any atom is 0.407 e. The summed E-state index contributed by atoms with van der Waals surface area (Å²) < 4.78 is 29.7. The third-order valence-corrected chi connectivity index (χ3v) is 3.26. The molecule has 132 valence electrons. The highest BCUT2D eigenvalue weighted by atomic mass is 19.1. The number of hydrogen-bond acceptors (Lipinski definition) is 4. The van der Waals surface area contributed by atoms with Crippen LogP contribution >= 0.6 is 0 Å². The molecule has 1 aromatic carbocycles. The average molecular weight is 337 g/mol. The molecule has 1 aliphatic rings. The van der Waals surface area contributed by atoms with Gasteiger partial charge in [-0.05, 0) is 44.9 Å². The molecule has 0 radical (unpaired) electrons. The van der Waals surface area contributed by atoms with Crippen LogP contribution in [0.15, 0.2) is 30.9 Å². The monoisotopic (exact) mass is 337 g/mol. The highest BCUT2D eigenvalue weighted by Crippen LogP contribution is 2.22. The maximum absolute atomic E-state index is 13.8. The Kier molecular flexibility index (Phi) is 5.83. The molecule has 1 amide bonds. The minimum Gasteiger partial charge on any atom is -0.489 e. The second-order valence-electron chi connectivity index (χ2n) is 6.72. The molecule has 1 unspecified atom stereocenters. The Morgan fingerprint density at radius 1 is 1.50 bits per heavy atom. The molecule has 0 spiro atoms. The van der Waals surface area contributed by atoms with E-state index in [4.69, 9.17) is 14.2 Å². The van der Waals surface area contributed by atoms with Gasteiger partial charge >= 0.3 is 6.09 Å². The van der Waals surface area contributed by atoms with Crippen LogP contribution in [-0.2, 0) is 15.9 Å². The van der Waals surface area contributed by atoms with Crippen molar-refractivity contribution in [3.8, 4) is 5.75 Å². The van der Waals surface area contributed by atoms with Gasteiger partial charge in [0.1, 0.15) is 29.9 Å². The Morgan fingerprint density at radius 2 is 2.21 bits per heavy atom. The molecule has 1 saturated heterocycles. The van der Waals surface area contributed by atoms with Crippen molar-refractivity contribution in [3.63, 3.8) is 0 Å². The number of halogens is 1. The van der Waals surface area contributed by atoms with Crippen molar-refractivity contribution in [1.82, 2.24) is 5.32 Å². The van der Waals surface area contributed by atoms with Gasteiger partial charge in [0.25, 0.3) is 0 Å². The van der Waals surface area contributed by atoms with Crippen LogP contribution in [0, 0.1) is 5.82 Å². The van der Waals surface area contributed by atoms with Crippen LogP contribution < -0.4 is 10.1 Å². The predicted octanol–water partition coefficient (Wildman–Crippen LogP) is 3.23. The number of nitrogens with one attached hydrogen (secondary N) is 1. The molecule has 0 aromatic heterocycles. The Bertz CT molecular complexity index is 593. The van der Waals surface area contributed by atoms with Crippen LogP contribution in [0.2, 0.25) is 0 Å². The number of amides is 1. The van der Waals surface area contributed by atoms with Gasteiger partial charge in [-0.1, -0.05) is 12.7 Å². The summed E-state index contributed by atoms with van der Waals surface area (Å²) in [5.41, 5.74) is 0.134. The molecular weight excluding hydrogens is 313 g/mol. The number of benzene rings is 1. The number of carbonyl (C=O) groups excluding carboxylic acids is 1. The lowest BCUT2D eigenvalue weighted by Gasteiger charge is -2.23. The molecule has 1 aliphatic heterocycles. The molecule has 1 fully saturated rings. The Balaban J connectivity index is 2.03. The molecule has 1 heterocycles. The largest absolute Gasteiger partial charge is 0.489 e. The van der Waals surface area contributed by atoms with Gasteiger partial charge < -0.3 is 19.5 Å². The summed E-state index contributed by atoms with van der Waals surface area (Å²) >= 11 is 0. The summed E-state index contributed by atoms with van der Waals surface area (Å²) in [7, 11) is 0. The summed E-state index contributed by atoms with van der Waals surface area (Å²) in [4.78, 5) is 12.0. The molecule has 0 saturated carbocycles. The zero-order valence-electron chi connectivity index (χ0n) is 14.3. The fourth-order valence-electron chi connectivity index (χ4n) is 2.25. The number of ether oxygens (including phenoxy) is 3. The van der Waals surface area contributed by atoms with Gasteiger partial charge in [0, 0.05) is 6.07 Å². The lowest BCUT2D eigenvalue weighted by atomic mass is 10.0. The van der Waals surface area contributed by atoms with Crippen molar-refractivity contribution < 1.29 is 23.4 Å². The third-order valence-electron chi connectivity index (χ3n) is 3.26. The molecule has 6 heteroatoms. The van der Waals surface area contributed by atoms with Crippen LogP contribution in [-0.4, -0.2) is 37.1 Å². The van der Waals surface area contributed by atoms with Gasteiger partial charge in [0.2, 0.25) is 0 Å². The van der Waals surface area contributed by atoms with Crippen LogP contribution in [0.25, 0.3) is 0 Å². The first-order chi connectivity index (χ1) is 11.3. The molecule has 2 atom stereocenters. The first-order valence-corrected chi connectivity index (χ1v) is 7.91. The first kappa shape index (κ1) is 18.3. The normalized spacial score (nSPS) is 17.8. The molecular formula is C18H24FNO4. The van der Waals surface area contributed by atoms with Gasteiger partial charge in [-0.25, -0.2) is 9.18 Å². The summed E-state index contributed by atoms with van der Waals surface area (Å²) in [6.45, 7) is 9.82. The Hall–Kier alpha value is -2.08. The fraction of sp³-hybridized carbons (Fsp3) is 0.500. The van der Waals surface area contributed by atoms with Crippen LogP contribution in [0.4, 0.5) is 9.18 Å². The van der Waals surface area contributed by atoms with Crippen molar-refractivity contribution in [2.24, 2.45) is 0 Å². The molecule has 2 rings (SSSR count). The van der Waals surface area contributed by atoms with Gasteiger partial charge in [0.15, 0.2) is 0 Å². The van der Waals surface area contributed by atoms with Crippen molar-refractivity contribution in [3.05, 3.63) is 42.2 Å². The molecule has 0 bridgehead atoms. The number of epoxide rings is 1. The Morgan fingerprint density at radius 3 is 2.79 bits per heavy atom. The second-order valence-corrected chi connectivity index (χ2v) is 6.72. The fourth-order valence-corrected chi connectivity index (χ4v) is 2.25. The quantitative estimate of drug-likeness (QED) is 0.613. The topological polar surface area (TPSA) is 60.1 Å². The van der Waals surface area contributed by atoms with Crippen molar-refractivity contribution in [1.29, 1.82) is 0 Å². The number of carbonyl (C=O) groups is 1. The van der Waals surface area contributed by atoms with E-state index >= 15 is 0 Å². The highest BCUT2D eigenvalue weighted by molar-refractivity contribution is 5.68. The van der Waals surface area contributed by atoms with E-state index in [-0.39, 0.29) is 18.0 Å². The van der Waals surface area contributed by atoms with Crippen LogP contribution in [0.3, 0.4) is 0 Å². The lowest BCUT2D eigenvalue weighted by molar-refractivity contribution is 0.0495. The van der Waals surface area contributed by atoms with E-state index in [1.165, 1.54) is 12.1 Å². The van der Waals surface area contributed by atoms with Gasteiger partial charge in [-0.2, -0.15) is 0 Å². The van der Waals surface area contributed by atoms with E-state index in [1.54, 1.807) is 32.9 Å². The highest BCUT2D eigenvalue weighted by Gasteiger charge is 2.35. The predicted molar refractivity (Wildman–Crippen MR) is 88.7 cm³/mol. The smallest absolute Gasteiger partial charge is 0.407 e. The van der Waals surface area contributed by atoms with Crippen molar-refractivity contribution in [2.75, 3.05) is 13.2 Å². The number of alkyl carbamates (subject to hydrolysis) is 1. The van der Waals surface area contributed by atoms with E-state index in [2.05, 4.69) is 11.9 Å². The first-order valence-electron chi connectivity index (χ1n) is 7.91. The maximum atomic E-state index is 13.8. The number of hydrogen-bond donors (Lipinski definition) is 1. The van der Waals surface area contributed by atoms with Gasteiger partial charge in [-0.3, -0.25) is 0 Å². The minimum atomic E-state index is -0.580. The lowest BCUT2D eigenvalue weighted by Crippen LogP contribution is -2.43. The van der Waals surface area contributed by atoms with E-state index in [0.717, 1.165) is 0 Å². The van der Waals surface area contributed by atoms with Gasteiger partial charge in [-0.15, -0.1) is 0 Å². The van der Waals surface area contributed by atoms with Gasteiger partial charge in [0.05, 0.1) is 12.6 Å². The summed E-state index contributed by atoms with van der Waals surface area (Å²) in [6, 6.07) is 4.21. The summed E-state index contributed by atoms with van der Waals surface area (Å²) in [5.74, 6) is 0.0388. The summed E-state index contributed by atoms with van der Waals surface area (Å²) in [6.07, 6.45) is 1.42. The van der Waals surface area contributed by atoms with E-state index < -0.39 is 11.7 Å². The van der Waals surface area contributed by atoms with Crippen molar-refractivity contribution >= 4 is 6.09 Å². The van der Waals surface area contributed by atoms with E-state index in [1.807, 2.05) is 0 Å².